The third kappa shape index (κ3) is 1.78. The number of carbonyl (C=O) groups excluding carboxylic acids is 1. The molecule has 0 aromatic carbocycles. The van der Waals surface area contributed by atoms with Crippen LogP contribution < -0.4 is 0 Å². The van der Waals surface area contributed by atoms with Crippen molar-refractivity contribution in [1.82, 2.24) is 0 Å². The van der Waals surface area contributed by atoms with E-state index in [1.807, 2.05) is 0 Å². The van der Waals surface area contributed by atoms with Crippen LogP contribution in [0.15, 0.2) is 4.99 Å². The lowest BCUT2D eigenvalue weighted by atomic mass is 9.96. The van der Waals surface area contributed by atoms with Crippen molar-refractivity contribution in [3.05, 3.63) is 13.8 Å². The maximum Gasteiger partial charge on any atom is 0.295 e. The number of carbonyl (C=O) groups is 1. The van der Waals surface area contributed by atoms with Crippen LogP contribution in [0.1, 0.15) is 6.92 Å². The third-order valence-corrected chi connectivity index (χ3v) is 0.660. The van der Waals surface area contributed by atoms with E-state index in [2.05, 4.69) is 25.6 Å². The topological polar surface area (TPSA) is 29.4 Å². The van der Waals surface area contributed by atoms with Gasteiger partial charge in [-0.1, -0.05) is 0 Å². The summed E-state index contributed by atoms with van der Waals surface area (Å²) in [5, 5.41) is 0. The molecule has 0 aromatic rings. The van der Waals surface area contributed by atoms with E-state index in [9.17, 15) is 4.79 Å². The molecule has 0 aromatic heterocycles. The van der Waals surface area contributed by atoms with Crippen LogP contribution in [0, 0.1) is 19.3 Å². The summed E-state index contributed by atoms with van der Waals surface area (Å²) in [7, 11) is 0. The lowest BCUT2D eigenvalue weighted by Gasteiger charge is -2.01. The van der Waals surface area contributed by atoms with Crippen LogP contribution in [0.2, 0.25) is 0 Å². The first kappa shape index (κ1) is 7.21. The summed E-state index contributed by atoms with van der Waals surface area (Å²) in [5.74, 6) is -0.377. The van der Waals surface area contributed by atoms with Crippen molar-refractivity contribution < 1.29 is 4.79 Å². The summed E-state index contributed by atoms with van der Waals surface area (Å²) >= 11 is 0. The summed E-state index contributed by atoms with van der Waals surface area (Å²) in [6, 6.07) is 0. The Kier molecular flexibility index (Phi) is 1.79. The zero-order chi connectivity index (χ0) is 6.78. The maximum absolute atomic E-state index is 10.5. The molecule has 0 bridgehead atoms. The Labute approximate surface area is 49.6 Å². The van der Waals surface area contributed by atoms with Gasteiger partial charge in [0.05, 0.1) is 6.92 Å². The minimum Gasteiger partial charge on any atom is -0.267 e. The van der Waals surface area contributed by atoms with Gasteiger partial charge in [-0.2, -0.15) is 0 Å². The predicted octanol–water partition coefficient (Wildman–Crippen LogP) is 0.888. The lowest BCUT2D eigenvalue weighted by molar-refractivity contribution is -0.122. The number of nitrogens with zero attached hydrogens (tertiary/aromatic N) is 1. The smallest absolute Gasteiger partial charge is 0.267 e. The van der Waals surface area contributed by atoms with Crippen LogP contribution in [0.3, 0.4) is 0 Å². The maximum atomic E-state index is 10.5. The Morgan fingerprint density at radius 3 is 2.25 bits per heavy atom. The summed E-state index contributed by atoms with van der Waals surface area (Å²) in [5.41, 5.74) is -0.859. The Morgan fingerprint density at radius 1 is 1.88 bits per heavy atom. The zero-order valence-corrected chi connectivity index (χ0v) is 4.98. The molecule has 1 amide bonds. The molecule has 0 aliphatic rings. The molecule has 8 heavy (non-hydrogen) atoms. The zero-order valence-electron chi connectivity index (χ0n) is 4.98. The first-order valence-electron chi connectivity index (χ1n) is 2.20. The molecule has 0 fully saturated rings. The third-order valence-electron chi connectivity index (χ3n) is 0.660. The van der Waals surface area contributed by atoms with Crippen molar-refractivity contribution in [1.29, 1.82) is 0 Å². The van der Waals surface area contributed by atoms with Gasteiger partial charge >= 0.3 is 0 Å². The van der Waals surface area contributed by atoms with E-state index in [0.717, 1.165) is 0 Å². The van der Waals surface area contributed by atoms with E-state index >= 15 is 0 Å². The summed E-state index contributed by atoms with van der Waals surface area (Å²) in [4.78, 5) is 13.6. The SMILES string of the molecule is [CH2]C([CH2+])(C)C(=O)N=C. The second kappa shape index (κ2) is 1.99. The number of hydrogen-bond donors (Lipinski definition) is 0. The minimum absolute atomic E-state index is 0.377. The van der Waals surface area contributed by atoms with Gasteiger partial charge in [-0.25, -0.2) is 4.99 Å². The monoisotopic (exact) mass is 111 g/mol. The molecular formula is C6H9NO+. The second-order valence-electron chi connectivity index (χ2n) is 2.02. The summed E-state index contributed by atoms with van der Waals surface area (Å²) < 4.78 is 0. The molecule has 0 atom stereocenters. The van der Waals surface area contributed by atoms with E-state index in [1.54, 1.807) is 6.92 Å². The normalized spacial score (nSPS) is 10.8. The van der Waals surface area contributed by atoms with Crippen LogP contribution in [-0.2, 0) is 4.79 Å². The number of rotatable bonds is 1. The first-order chi connectivity index (χ1) is 3.48. The van der Waals surface area contributed by atoms with Gasteiger partial charge in [0, 0.05) is 6.92 Å². The van der Waals surface area contributed by atoms with Crippen molar-refractivity contribution >= 4 is 12.6 Å². The van der Waals surface area contributed by atoms with Gasteiger partial charge in [-0.15, -0.1) is 0 Å². The Bertz CT molecular complexity index is 110. The van der Waals surface area contributed by atoms with Crippen LogP contribution >= 0.6 is 0 Å². The number of aliphatic imine (C=N–C) groups is 1. The molecule has 0 saturated carbocycles. The molecular weight excluding hydrogens is 102 g/mol. The second-order valence-corrected chi connectivity index (χ2v) is 2.02. The van der Waals surface area contributed by atoms with Crippen molar-refractivity contribution in [3.63, 3.8) is 0 Å². The van der Waals surface area contributed by atoms with Gasteiger partial charge in [0.15, 0.2) is 5.41 Å². The van der Waals surface area contributed by atoms with Crippen LogP contribution in [0.4, 0.5) is 0 Å². The fraction of sp³-hybridized carbons (Fsp3) is 0.333. The predicted molar refractivity (Wildman–Crippen MR) is 33.4 cm³/mol. The quantitative estimate of drug-likeness (QED) is 0.365. The standard InChI is InChI=1S/C6H9NO/c1-6(2,3)5(8)7-4/h1-2,4H2,3H3/q+1. The fourth-order valence-corrected chi connectivity index (χ4v) is 0.191. The first-order valence-corrected chi connectivity index (χ1v) is 2.20. The molecule has 0 heterocycles. The molecule has 2 heteroatoms. The molecule has 0 saturated heterocycles. The summed E-state index contributed by atoms with van der Waals surface area (Å²) in [6.45, 7) is 11.5. The van der Waals surface area contributed by atoms with Crippen LogP contribution in [0.5, 0.6) is 0 Å². The molecule has 0 aliphatic heterocycles. The van der Waals surface area contributed by atoms with Gasteiger partial charge in [0.25, 0.3) is 5.91 Å². The van der Waals surface area contributed by atoms with Gasteiger partial charge in [-0.3, -0.25) is 4.79 Å². The minimum atomic E-state index is -0.859. The molecule has 2 nitrogen and oxygen atoms in total. The van der Waals surface area contributed by atoms with E-state index in [-0.39, 0.29) is 5.91 Å². The number of amides is 1. The van der Waals surface area contributed by atoms with Crippen molar-refractivity contribution in [3.8, 4) is 0 Å². The van der Waals surface area contributed by atoms with Crippen molar-refractivity contribution in [2.24, 2.45) is 10.4 Å². The van der Waals surface area contributed by atoms with E-state index in [0.29, 0.717) is 0 Å². The Hall–Kier alpha value is -0.790. The average Bonchev–Trinajstić information content (AvgIpc) is 1.62. The Morgan fingerprint density at radius 2 is 2.25 bits per heavy atom. The van der Waals surface area contributed by atoms with Crippen LogP contribution in [-0.4, -0.2) is 12.6 Å². The summed E-state index contributed by atoms with van der Waals surface area (Å²) in [6.07, 6.45) is 0. The highest BCUT2D eigenvalue weighted by Crippen LogP contribution is 2.12. The molecule has 43 valence electrons. The molecule has 0 spiro atoms. The van der Waals surface area contributed by atoms with E-state index in [1.165, 1.54) is 0 Å². The van der Waals surface area contributed by atoms with E-state index in [4.69, 9.17) is 0 Å². The van der Waals surface area contributed by atoms with Gasteiger partial charge in [0.1, 0.15) is 0 Å². The Balaban J connectivity index is 4.02. The largest absolute Gasteiger partial charge is 0.295 e. The lowest BCUT2D eigenvalue weighted by Crippen LogP contribution is -2.17. The van der Waals surface area contributed by atoms with Gasteiger partial charge in [-0.05, 0) is 13.6 Å². The van der Waals surface area contributed by atoms with Gasteiger partial charge < -0.3 is 0 Å². The fourth-order valence-electron chi connectivity index (χ4n) is 0.191. The molecule has 1 radical (unpaired) electrons. The van der Waals surface area contributed by atoms with Crippen LogP contribution in [0.25, 0.3) is 0 Å². The molecule has 0 aliphatic carbocycles. The van der Waals surface area contributed by atoms with Crippen molar-refractivity contribution in [2.45, 2.75) is 6.92 Å². The highest BCUT2D eigenvalue weighted by molar-refractivity contribution is 5.87. The molecule has 0 unspecified atom stereocenters. The van der Waals surface area contributed by atoms with E-state index < -0.39 is 5.41 Å². The molecule has 0 rings (SSSR count). The highest BCUT2D eigenvalue weighted by Gasteiger charge is 2.27. The van der Waals surface area contributed by atoms with Gasteiger partial charge in [0.2, 0.25) is 0 Å². The average molecular weight is 111 g/mol. The number of hydrogen-bond acceptors (Lipinski definition) is 1. The highest BCUT2D eigenvalue weighted by atomic mass is 16.1. The molecule has 0 N–H and O–H groups in total. The van der Waals surface area contributed by atoms with Crippen molar-refractivity contribution in [2.75, 3.05) is 0 Å².